The maximum atomic E-state index is 13.9. The highest BCUT2D eigenvalue weighted by Gasteiger charge is 2.09. The van der Waals surface area contributed by atoms with E-state index in [1.165, 1.54) is 12.1 Å². The van der Waals surface area contributed by atoms with E-state index in [9.17, 15) is 9.18 Å². The monoisotopic (exact) mass is 287 g/mol. The van der Waals surface area contributed by atoms with Crippen LogP contribution in [0.5, 0.6) is 0 Å². The predicted octanol–water partition coefficient (Wildman–Crippen LogP) is 2.14. The largest absolute Gasteiger partial charge is 0.399 e. The fourth-order valence-electron chi connectivity index (χ4n) is 2.11. The minimum absolute atomic E-state index is 0.178. The first-order chi connectivity index (χ1) is 9.95. The highest BCUT2D eigenvalue weighted by atomic mass is 19.1. The molecule has 21 heavy (non-hydrogen) atoms. The number of amides is 1. The molecular weight excluding hydrogens is 269 g/mol. The van der Waals surface area contributed by atoms with Gasteiger partial charge in [-0.25, -0.2) is 4.39 Å². The number of nitrogens with zero attached hydrogens (tertiary/aromatic N) is 1. The number of primary amides is 1. The van der Waals surface area contributed by atoms with Crippen LogP contribution in [0.15, 0.2) is 42.5 Å². The van der Waals surface area contributed by atoms with Gasteiger partial charge in [-0.1, -0.05) is 18.2 Å². The van der Waals surface area contributed by atoms with Gasteiger partial charge in [-0.05, 0) is 36.9 Å². The van der Waals surface area contributed by atoms with Crippen molar-refractivity contribution in [2.45, 2.75) is 13.1 Å². The fraction of sp³-hybridized carbons (Fsp3) is 0.188. The van der Waals surface area contributed by atoms with E-state index < -0.39 is 11.7 Å². The van der Waals surface area contributed by atoms with Crippen molar-refractivity contribution in [2.24, 2.45) is 5.73 Å². The highest BCUT2D eigenvalue weighted by molar-refractivity contribution is 5.92. The van der Waals surface area contributed by atoms with E-state index >= 15 is 0 Å². The van der Waals surface area contributed by atoms with E-state index in [0.717, 1.165) is 11.3 Å². The molecule has 0 aliphatic rings. The van der Waals surface area contributed by atoms with Crippen molar-refractivity contribution in [1.29, 1.82) is 0 Å². The van der Waals surface area contributed by atoms with Gasteiger partial charge in [0.25, 0.3) is 0 Å². The van der Waals surface area contributed by atoms with Gasteiger partial charge in [0.05, 0.1) is 0 Å². The van der Waals surface area contributed by atoms with Crippen molar-refractivity contribution in [3.8, 4) is 0 Å². The molecule has 2 aromatic carbocycles. The number of halogens is 1. The Bertz CT molecular complexity index is 640. The molecule has 0 atom stereocenters. The smallest absolute Gasteiger partial charge is 0.248 e. The second-order valence-electron chi connectivity index (χ2n) is 5.08. The van der Waals surface area contributed by atoms with Crippen LogP contribution in [-0.4, -0.2) is 17.9 Å². The Kier molecular flexibility index (Phi) is 4.55. The lowest BCUT2D eigenvalue weighted by Gasteiger charge is -2.17. The summed E-state index contributed by atoms with van der Waals surface area (Å²) in [6.45, 7) is 1.12. The Hall–Kier alpha value is -2.40. The first-order valence-electron chi connectivity index (χ1n) is 6.57. The van der Waals surface area contributed by atoms with Gasteiger partial charge in [0.1, 0.15) is 5.82 Å². The predicted molar refractivity (Wildman–Crippen MR) is 80.9 cm³/mol. The summed E-state index contributed by atoms with van der Waals surface area (Å²) in [6, 6.07) is 11.9. The van der Waals surface area contributed by atoms with Crippen LogP contribution in [0.3, 0.4) is 0 Å². The second kappa shape index (κ2) is 6.37. The zero-order valence-electron chi connectivity index (χ0n) is 11.8. The minimum atomic E-state index is -0.629. The molecule has 110 valence electrons. The third-order valence-corrected chi connectivity index (χ3v) is 3.21. The van der Waals surface area contributed by atoms with Crippen LogP contribution >= 0.6 is 0 Å². The average Bonchev–Trinajstić information content (AvgIpc) is 2.43. The maximum Gasteiger partial charge on any atom is 0.248 e. The van der Waals surface area contributed by atoms with Gasteiger partial charge in [0.15, 0.2) is 0 Å². The number of benzene rings is 2. The fourth-order valence-corrected chi connectivity index (χ4v) is 2.11. The van der Waals surface area contributed by atoms with E-state index in [1.54, 1.807) is 6.07 Å². The van der Waals surface area contributed by atoms with Gasteiger partial charge >= 0.3 is 0 Å². The van der Waals surface area contributed by atoms with E-state index in [0.29, 0.717) is 18.7 Å². The number of nitrogen functional groups attached to an aromatic ring is 1. The SMILES string of the molecule is CN(Cc1ccc(N)cc1)Cc1ccc(C(N)=O)cc1F. The van der Waals surface area contributed by atoms with Crippen LogP contribution in [0.2, 0.25) is 0 Å². The number of hydrogen-bond acceptors (Lipinski definition) is 3. The molecule has 0 saturated carbocycles. The molecule has 0 radical (unpaired) electrons. The molecule has 0 saturated heterocycles. The molecular formula is C16H18FN3O. The number of rotatable bonds is 5. The molecule has 5 heteroatoms. The minimum Gasteiger partial charge on any atom is -0.399 e. The Morgan fingerprint density at radius 1 is 1.14 bits per heavy atom. The zero-order chi connectivity index (χ0) is 15.4. The van der Waals surface area contributed by atoms with Crippen molar-refractivity contribution in [1.82, 2.24) is 4.90 Å². The lowest BCUT2D eigenvalue weighted by atomic mass is 10.1. The Balaban J connectivity index is 2.04. The third kappa shape index (κ3) is 4.03. The lowest BCUT2D eigenvalue weighted by Crippen LogP contribution is -2.18. The first-order valence-corrected chi connectivity index (χ1v) is 6.57. The summed E-state index contributed by atoms with van der Waals surface area (Å²) in [5, 5.41) is 0. The number of carbonyl (C=O) groups excluding carboxylic acids is 1. The second-order valence-corrected chi connectivity index (χ2v) is 5.08. The molecule has 1 amide bonds. The molecule has 0 aromatic heterocycles. The Labute approximate surface area is 123 Å². The van der Waals surface area contributed by atoms with Crippen LogP contribution < -0.4 is 11.5 Å². The standard InChI is InChI=1S/C16H18FN3O/c1-20(9-11-2-6-14(18)7-3-11)10-13-5-4-12(16(19)21)8-15(13)17/h2-8H,9-10,18H2,1H3,(H2,19,21). The van der Waals surface area contributed by atoms with E-state index in [2.05, 4.69) is 0 Å². The summed E-state index contributed by atoms with van der Waals surface area (Å²) in [7, 11) is 1.90. The van der Waals surface area contributed by atoms with Gasteiger partial charge in [0, 0.05) is 29.9 Å². The van der Waals surface area contributed by atoms with Crippen molar-refractivity contribution in [3.63, 3.8) is 0 Å². The summed E-state index contributed by atoms with van der Waals surface area (Å²) >= 11 is 0. The third-order valence-electron chi connectivity index (χ3n) is 3.21. The zero-order valence-corrected chi connectivity index (χ0v) is 11.8. The quantitative estimate of drug-likeness (QED) is 0.828. The molecule has 0 unspecified atom stereocenters. The van der Waals surface area contributed by atoms with E-state index in [4.69, 9.17) is 11.5 Å². The summed E-state index contributed by atoms with van der Waals surface area (Å²) in [5.74, 6) is -1.05. The van der Waals surface area contributed by atoms with E-state index in [1.807, 2.05) is 36.2 Å². The van der Waals surface area contributed by atoms with Crippen molar-refractivity contribution >= 4 is 11.6 Å². The number of nitrogens with two attached hydrogens (primary N) is 2. The Morgan fingerprint density at radius 3 is 2.38 bits per heavy atom. The summed E-state index contributed by atoms with van der Waals surface area (Å²) in [4.78, 5) is 13.0. The van der Waals surface area contributed by atoms with Gasteiger partial charge in [-0.15, -0.1) is 0 Å². The van der Waals surface area contributed by atoms with Crippen LogP contribution in [0, 0.1) is 5.82 Å². The summed E-state index contributed by atoms with van der Waals surface area (Å²) in [5.41, 5.74) is 13.3. The Morgan fingerprint density at radius 2 is 1.81 bits per heavy atom. The molecule has 4 nitrogen and oxygen atoms in total. The number of carbonyl (C=O) groups is 1. The van der Waals surface area contributed by atoms with Crippen LogP contribution in [0.25, 0.3) is 0 Å². The average molecular weight is 287 g/mol. The van der Waals surface area contributed by atoms with Crippen LogP contribution in [0.4, 0.5) is 10.1 Å². The molecule has 0 heterocycles. The van der Waals surface area contributed by atoms with Crippen molar-refractivity contribution in [2.75, 3.05) is 12.8 Å². The molecule has 0 aliphatic heterocycles. The van der Waals surface area contributed by atoms with Crippen molar-refractivity contribution in [3.05, 3.63) is 65.0 Å². The lowest BCUT2D eigenvalue weighted by molar-refractivity contribution is 0.1000. The number of anilines is 1. The number of hydrogen-bond donors (Lipinski definition) is 2. The molecule has 0 aliphatic carbocycles. The van der Waals surface area contributed by atoms with Gasteiger partial charge < -0.3 is 11.5 Å². The highest BCUT2D eigenvalue weighted by Crippen LogP contribution is 2.14. The molecule has 0 fully saturated rings. The van der Waals surface area contributed by atoms with Crippen LogP contribution in [0.1, 0.15) is 21.5 Å². The first kappa shape index (κ1) is 15.0. The molecule has 4 N–H and O–H groups in total. The van der Waals surface area contributed by atoms with Crippen molar-refractivity contribution < 1.29 is 9.18 Å². The van der Waals surface area contributed by atoms with Gasteiger partial charge in [-0.3, -0.25) is 9.69 Å². The van der Waals surface area contributed by atoms with Crippen LogP contribution in [-0.2, 0) is 13.1 Å². The van der Waals surface area contributed by atoms with Gasteiger partial charge in [-0.2, -0.15) is 0 Å². The summed E-state index contributed by atoms with van der Waals surface area (Å²) < 4.78 is 13.9. The topological polar surface area (TPSA) is 72.3 Å². The summed E-state index contributed by atoms with van der Waals surface area (Å²) in [6.07, 6.45) is 0. The molecule has 2 aromatic rings. The molecule has 2 rings (SSSR count). The normalized spacial score (nSPS) is 10.8. The molecule has 0 spiro atoms. The molecule has 0 bridgehead atoms. The van der Waals surface area contributed by atoms with Gasteiger partial charge in [0.2, 0.25) is 5.91 Å². The van der Waals surface area contributed by atoms with E-state index in [-0.39, 0.29) is 5.56 Å². The maximum absolute atomic E-state index is 13.9.